The van der Waals surface area contributed by atoms with Crippen LogP contribution >= 0.6 is 11.6 Å². The molecule has 0 bridgehead atoms. The van der Waals surface area contributed by atoms with E-state index in [1.807, 2.05) is 37.3 Å². The Bertz CT molecular complexity index is 716. The van der Waals surface area contributed by atoms with Crippen molar-refractivity contribution in [2.75, 3.05) is 6.61 Å². The van der Waals surface area contributed by atoms with E-state index in [0.717, 1.165) is 11.1 Å². The lowest BCUT2D eigenvalue weighted by atomic mass is 10.0. The number of Topliss-reactive ketones (excluding diaryl/α,β-unsaturated/α-hetero) is 1. The lowest BCUT2D eigenvalue weighted by Crippen LogP contribution is -2.43. The molecule has 0 saturated heterocycles. The number of ketones is 1. The Kier molecular flexibility index (Phi) is 6.38. The van der Waals surface area contributed by atoms with Gasteiger partial charge in [-0.2, -0.15) is 0 Å². The number of hydrogen-bond donors (Lipinski definition) is 1. The summed E-state index contributed by atoms with van der Waals surface area (Å²) in [6.45, 7) is 3.17. The first-order valence-electron chi connectivity index (χ1n) is 7.68. The molecule has 24 heavy (non-hydrogen) atoms. The third-order valence-corrected chi connectivity index (χ3v) is 3.84. The molecule has 1 N–H and O–H groups in total. The summed E-state index contributed by atoms with van der Waals surface area (Å²) in [7, 11) is 0. The smallest absolute Gasteiger partial charge is 0.258 e. The molecule has 0 aliphatic carbocycles. The van der Waals surface area contributed by atoms with Crippen molar-refractivity contribution in [2.45, 2.75) is 26.3 Å². The molecular formula is C19H20ClNO3. The molecule has 1 amide bonds. The second-order valence-corrected chi connectivity index (χ2v) is 6.06. The van der Waals surface area contributed by atoms with E-state index < -0.39 is 6.04 Å². The summed E-state index contributed by atoms with van der Waals surface area (Å²) in [5.41, 5.74) is 1.84. The Morgan fingerprint density at radius 1 is 1.17 bits per heavy atom. The average molecular weight is 346 g/mol. The number of amides is 1. The fourth-order valence-corrected chi connectivity index (χ4v) is 2.53. The monoisotopic (exact) mass is 345 g/mol. The van der Waals surface area contributed by atoms with Gasteiger partial charge in [-0.1, -0.05) is 41.9 Å². The van der Waals surface area contributed by atoms with Crippen molar-refractivity contribution in [1.82, 2.24) is 5.32 Å². The van der Waals surface area contributed by atoms with Gasteiger partial charge in [-0.15, -0.1) is 0 Å². The molecule has 0 spiro atoms. The predicted molar refractivity (Wildman–Crippen MR) is 94.4 cm³/mol. The van der Waals surface area contributed by atoms with Gasteiger partial charge in [0.25, 0.3) is 5.91 Å². The molecule has 0 aromatic heterocycles. The molecule has 0 radical (unpaired) electrons. The summed E-state index contributed by atoms with van der Waals surface area (Å²) < 4.78 is 5.50. The summed E-state index contributed by atoms with van der Waals surface area (Å²) in [4.78, 5) is 23.9. The number of hydrogen-bond acceptors (Lipinski definition) is 3. The minimum absolute atomic E-state index is 0.0881. The number of benzene rings is 2. The lowest BCUT2D eigenvalue weighted by Gasteiger charge is -2.16. The number of rotatable bonds is 7. The maximum Gasteiger partial charge on any atom is 0.258 e. The molecule has 2 rings (SSSR count). The van der Waals surface area contributed by atoms with Crippen LogP contribution in [0.1, 0.15) is 18.1 Å². The predicted octanol–water partition coefficient (Wildman–Crippen LogP) is 3.34. The van der Waals surface area contributed by atoms with Crippen molar-refractivity contribution >= 4 is 23.3 Å². The summed E-state index contributed by atoms with van der Waals surface area (Å²) in [5.74, 6) is 0.173. The lowest BCUT2D eigenvalue weighted by molar-refractivity contribution is -0.128. The highest BCUT2D eigenvalue weighted by atomic mass is 35.5. The number of carbonyl (C=O) groups excluding carboxylic acids is 2. The van der Waals surface area contributed by atoms with E-state index in [0.29, 0.717) is 17.2 Å². The van der Waals surface area contributed by atoms with Gasteiger partial charge in [0.2, 0.25) is 0 Å². The van der Waals surface area contributed by atoms with Gasteiger partial charge in [-0.05, 0) is 49.6 Å². The number of ether oxygens (including phenoxy) is 1. The first kappa shape index (κ1) is 18.0. The van der Waals surface area contributed by atoms with Crippen molar-refractivity contribution in [3.05, 3.63) is 64.7 Å². The molecule has 0 fully saturated rings. The van der Waals surface area contributed by atoms with E-state index in [1.165, 1.54) is 6.92 Å². The van der Waals surface area contributed by atoms with Gasteiger partial charge in [-0.3, -0.25) is 9.59 Å². The van der Waals surface area contributed by atoms with Gasteiger partial charge in [0.15, 0.2) is 12.4 Å². The molecular weight excluding hydrogens is 326 g/mol. The van der Waals surface area contributed by atoms with E-state index in [2.05, 4.69) is 5.32 Å². The zero-order valence-electron chi connectivity index (χ0n) is 13.7. The number of carbonyl (C=O) groups is 2. The molecule has 0 saturated carbocycles. The van der Waals surface area contributed by atoms with Crippen LogP contribution in [0.4, 0.5) is 0 Å². The minimum Gasteiger partial charge on any atom is -0.484 e. The molecule has 0 aliphatic heterocycles. The van der Waals surface area contributed by atoms with Crippen molar-refractivity contribution in [3.63, 3.8) is 0 Å². The highest BCUT2D eigenvalue weighted by molar-refractivity contribution is 6.30. The van der Waals surface area contributed by atoms with Crippen LogP contribution in [-0.4, -0.2) is 24.3 Å². The zero-order valence-corrected chi connectivity index (χ0v) is 14.5. The second kappa shape index (κ2) is 8.50. The Morgan fingerprint density at radius 2 is 1.88 bits per heavy atom. The van der Waals surface area contributed by atoms with Crippen molar-refractivity contribution in [1.29, 1.82) is 0 Å². The first-order chi connectivity index (χ1) is 11.5. The van der Waals surface area contributed by atoms with Gasteiger partial charge < -0.3 is 10.1 Å². The van der Waals surface area contributed by atoms with Gasteiger partial charge in [-0.25, -0.2) is 0 Å². The highest BCUT2D eigenvalue weighted by Crippen LogP contribution is 2.21. The van der Waals surface area contributed by atoms with Gasteiger partial charge in [0.1, 0.15) is 5.75 Å². The Hall–Kier alpha value is -2.33. The van der Waals surface area contributed by atoms with Crippen molar-refractivity contribution in [2.24, 2.45) is 0 Å². The third-order valence-electron chi connectivity index (χ3n) is 3.60. The van der Waals surface area contributed by atoms with E-state index in [1.54, 1.807) is 18.2 Å². The Balaban J connectivity index is 1.92. The summed E-state index contributed by atoms with van der Waals surface area (Å²) in [5, 5.41) is 3.34. The largest absolute Gasteiger partial charge is 0.484 e. The summed E-state index contributed by atoms with van der Waals surface area (Å²) in [6, 6.07) is 14.2. The summed E-state index contributed by atoms with van der Waals surface area (Å²) in [6.07, 6.45) is 0.460. The average Bonchev–Trinajstić information content (AvgIpc) is 2.54. The van der Waals surface area contributed by atoms with Crippen LogP contribution in [0.15, 0.2) is 48.5 Å². The van der Waals surface area contributed by atoms with Crippen LogP contribution in [0, 0.1) is 6.92 Å². The van der Waals surface area contributed by atoms with E-state index in [9.17, 15) is 9.59 Å². The summed E-state index contributed by atoms with van der Waals surface area (Å²) >= 11 is 5.89. The van der Waals surface area contributed by atoms with Crippen LogP contribution in [-0.2, 0) is 16.0 Å². The van der Waals surface area contributed by atoms with E-state index in [-0.39, 0.29) is 18.3 Å². The molecule has 0 aliphatic rings. The van der Waals surface area contributed by atoms with E-state index in [4.69, 9.17) is 16.3 Å². The maximum absolute atomic E-state index is 12.1. The van der Waals surface area contributed by atoms with Gasteiger partial charge in [0, 0.05) is 5.02 Å². The second-order valence-electron chi connectivity index (χ2n) is 5.62. The Morgan fingerprint density at radius 3 is 2.50 bits per heavy atom. The van der Waals surface area contributed by atoms with Crippen molar-refractivity contribution in [3.8, 4) is 5.75 Å². The standard InChI is InChI=1S/C19H20ClNO3/c1-13-10-16(20)8-9-18(13)24-12-19(23)21-17(14(2)22)11-15-6-4-3-5-7-15/h3-10,17H,11-12H2,1-2H3,(H,21,23)/t17-/m0/s1. The maximum atomic E-state index is 12.1. The topological polar surface area (TPSA) is 55.4 Å². The normalized spacial score (nSPS) is 11.6. The van der Waals surface area contributed by atoms with Crippen LogP contribution in [0.3, 0.4) is 0 Å². The molecule has 126 valence electrons. The van der Waals surface area contributed by atoms with E-state index >= 15 is 0 Å². The molecule has 0 heterocycles. The van der Waals surface area contributed by atoms with Crippen LogP contribution in [0.25, 0.3) is 0 Å². The fraction of sp³-hybridized carbons (Fsp3) is 0.263. The fourth-order valence-electron chi connectivity index (χ4n) is 2.30. The van der Waals surface area contributed by atoms with Crippen molar-refractivity contribution < 1.29 is 14.3 Å². The van der Waals surface area contributed by atoms with Gasteiger partial charge in [0.05, 0.1) is 6.04 Å². The molecule has 0 unspecified atom stereocenters. The molecule has 2 aromatic rings. The quantitative estimate of drug-likeness (QED) is 0.837. The van der Waals surface area contributed by atoms with Crippen LogP contribution < -0.4 is 10.1 Å². The van der Waals surface area contributed by atoms with Crippen LogP contribution in [0.2, 0.25) is 5.02 Å². The number of aryl methyl sites for hydroxylation is 1. The highest BCUT2D eigenvalue weighted by Gasteiger charge is 2.18. The number of halogens is 1. The van der Waals surface area contributed by atoms with Crippen LogP contribution in [0.5, 0.6) is 5.75 Å². The number of nitrogens with one attached hydrogen (secondary N) is 1. The first-order valence-corrected chi connectivity index (χ1v) is 8.06. The molecule has 1 atom stereocenters. The SMILES string of the molecule is CC(=O)[C@H](Cc1ccccc1)NC(=O)COc1ccc(Cl)cc1C. The Labute approximate surface area is 146 Å². The third kappa shape index (κ3) is 5.39. The van der Waals surface area contributed by atoms with Gasteiger partial charge >= 0.3 is 0 Å². The molecule has 4 nitrogen and oxygen atoms in total. The zero-order chi connectivity index (χ0) is 17.5. The molecule has 2 aromatic carbocycles. The minimum atomic E-state index is -0.560. The molecule has 5 heteroatoms.